The van der Waals surface area contributed by atoms with E-state index in [2.05, 4.69) is 5.32 Å². The maximum atomic E-state index is 10.3. The first-order chi connectivity index (χ1) is 4.30. The number of piperidine rings is 1. The first-order valence-electron chi connectivity index (χ1n) is 3.27. The molecular weight excluding hydrogens is 157 g/mol. The third-order valence-corrected chi connectivity index (χ3v) is 1.61. The van der Waals surface area contributed by atoms with Crippen molar-refractivity contribution < 1.29 is 9.90 Å². The van der Waals surface area contributed by atoms with Gasteiger partial charge in [0.2, 0.25) is 0 Å². The number of carboxylic acid groups (broad SMARTS) is 1. The zero-order valence-electron chi connectivity index (χ0n) is 6.26. The number of hydrogen-bond acceptors (Lipinski definition) is 2. The Morgan fingerprint density at radius 2 is 2.20 bits per heavy atom. The van der Waals surface area contributed by atoms with Gasteiger partial charge in [-0.05, 0) is 19.4 Å². The van der Waals surface area contributed by atoms with Gasteiger partial charge in [0.05, 0.1) is 0 Å². The predicted octanol–water partition coefficient (Wildman–Crippen LogP) is -0.168. The van der Waals surface area contributed by atoms with Crippen LogP contribution in [0.5, 0.6) is 0 Å². The first-order valence-corrected chi connectivity index (χ1v) is 3.27. The fraction of sp³-hybridized carbons (Fsp3) is 0.833. The van der Waals surface area contributed by atoms with Crippen LogP contribution in [0.25, 0.3) is 0 Å². The molecule has 3 nitrogen and oxygen atoms in total. The van der Waals surface area contributed by atoms with Crippen molar-refractivity contribution in [1.82, 2.24) is 5.32 Å². The fourth-order valence-corrected chi connectivity index (χ4v) is 1.06. The van der Waals surface area contributed by atoms with Gasteiger partial charge in [0.25, 0.3) is 0 Å². The Hall–Kier alpha value is 1.07. The fourth-order valence-electron chi connectivity index (χ4n) is 1.06. The summed E-state index contributed by atoms with van der Waals surface area (Å²) >= 11 is 0. The molecule has 0 aromatic rings. The van der Waals surface area contributed by atoms with Gasteiger partial charge in [-0.15, -0.1) is 0 Å². The quantitative estimate of drug-likeness (QED) is 0.535. The van der Waals surface area contributed by atoms with Crippen LogP contribution in [0.2, 0.25) is 0 Å². The third-order valence-electron chi connectivity index (χ3n) is 1.61. The molecule has 53 valence electrons. The molecule has 1 heterocycles. The summed E-state index contributed by atoms with van der Waals surface area (Å²) in [4.78, 5) is 10.3. The van der Waals surface area contributed by atoms with Gasteiger partial charge in [-0.1, -0.05) is 6.42 Å². The van der Waals surface area contributed by atoms with Gasteiger partial charge in [-0.2, -0.15) is 0 Å². The first kappa shape index (κ1) is 11.1. The summed E-state index contributed by atoms with van der Waals surface area (Å²) in [6.07, 6.45) is 2.95. The molecule has 1 atom stereocenters. The minimum atomic E-state index is -0.713. The molecule has 1 fully saturated rings. The van der Waals surface area contributed by atoms with Crippen LogP contribution in [0.15, 0.2) is 0 Å². The number of rotatable bonds is 1. The second-order valence-corrected chi connectivity index (χ2v) is 2.34. The van der Waals surface area contributed by atoms with E-state index in [0.29, 0.717) is 0 Å². The SMILES string of the molecule is O=C(O)C1CCCCN1.[K]. The number of hydrogen-bond donors (Lipinski definition) is 2. The maximum Gasteiger partial charge on any atom is 0.320 e. The standard InChI is InChI=1S/C6H11NO2.K/c8-6(9)5-3-1-2-4-7-5;/h5,7H,1-4H2,(H,8,9);. The van der Waals surface area contributed by atoms with Crippen LogP contribution in [0, 0.1) is 0 Å². The molecule has 1 radical (unpaired) electrons. The summed E-state index contributed by atoms with van der Waals surface area (Å²) in [6.45, 7) is 0.858. The Morgan fingerprint density at radius 3 is 2.50 bits per heavy atom. The molecule has 4 heteroatoms. The van der Waals surface area contributed by atoms with Crippen LogP contribution in [0.4, 0.5) is 0 Å². The molecule has 0 bridgehead atoms. The molecule has 1 aliphatic rings. The summed E-state index contributed by atoms with van der Waals surface area (Å²) in [5.74, 6) is -0.713. The van der Waals surface area contributed by atoms with Gasteiger partial charge in [0.1, 0.15) is 6.04 Å². The van der Waals surface area contributed by atoms with E-state index >= 15 is 0 Å². The minimum absolute atomic E-state index is 0. The van der Waals surface area contributed by atoms with Crippen LogP contribution in [-0.4, -0.2) is 75.0 Å². The second kappa shape index (κ2) is 5.68. The molecular formula is C6H11KNO2. The van der Waals surface area contributed by atoms with Crippen molar-refractivity contribution in [1.29, 1.82) is 0 Å². The van der Waals surface area contributed by atoms with Crippen LogP contribution in [-0.2, 0) is 4.79 Å². The number of carboxylic acids is 1. The van der Waals surface area contributed by atoms with Crippen molar-refractivity contribution >= 4 is 57.4 Å². The molecule has 1 aliphatic heterocycles. The van der Waals surface area contributed by atoms with E-state index in [1.807, 2.05) is 0 Å². The molecule has 0 aliphatic carbocycles. The minimum Gasteiger partial charge on any atom is -0.480 e. The molecule has 1 unspecified atom stereocenters. The van der Waals surface area contributed by atoms with Crippen molar-refractivity contribution in [3.05, 3.63) is 0 Å². The van der Waals surface area contributed by atoms with Gasteiger partial charge in [-0.3, -0.25) is 4.79 Å². The van der Waals surface area contributed by atoms with E-state index in [4.69, 9.17) is 5.11 Å². The van der Waals surface area contributed by atoms with Gasteiger partial charge < -0.3 is 10.4 Å². The Balaban J connectivity index is 0.000000810. The zero-order chi connectivity index (χ0) is 6.69. The predicted molar refractivity (Wildman–Crippen MR) is 39.0 cm³/mol. The molecule has 1 saturated heterocycles. The Kier molecular flexibility index (Phi) is 6.29. The molecule has 0 aromatic carbocycles. The summed E-state index contributed by atoms with van der Waals surface area (Å²) in [6, 6.07) is -0.279. The number of nitrogens with one attached hydrogen (secondary N) is 1. The van der Waals surface area contributed by atoms with E-state index in [1.165, 1.54) is 0 Å². The van der Waals surface area contributed by atoms with Crippen molar-refractivity contribution in [2.75, 3.05) is 6.54 Å². The Morgan fingerprint density at radius 1 is 1.50 bits per heavy atom. The smallest absolute Gasteiger partial charge is 0.320 e. The van der Waals surface area contributed by atoms with Crippen LogP contribution in [0.3, 0.4) is 0 Å². The molecule has 0 saturated carbocycles. The van der Waals surface area contributed by atoms with E-state index in [1.54, 1.807) is 0 Å². The summed E-state index contributed by atoms with van der Waals surface area (Å²) in [5.41, 5.74) is 0. The summed E-state index contributed by atoms with van der Waals surface area (Å²) < 4.78 is 0. The van der Waals surface area contributed by atoms with Gasteiger partial charge in [-0.25, -0.2) is 0 Å². The number of carbonyl (C=O) groups is 1. The normalized spacial score (nSPS) is 25.0. The van der Waals surface area contributed by atoms with Gasteiger partial charge in [0, 0.05) is 51.4 Å². The van der Waals surface area contributed by atoms with E-state index < -0.39 is 5.97 Å². The van der Waals surface area contributed by atoms with Crippen LogP contribution >= 0.6 is 0 Å². The Bertz CT molecular complexity index is 112. The van der Waals surface area contributed by atoms with Crippen LogP contribution in [0.1, 0.15) is 19.3 Å². The maximum absolute atomic E-state index is 10.3. The van der Waals surface area contributed by atoms with Crippen molar-refractivity contribution in [3.8, 4) is 0 Å². The third kappa shape index (κ3) is 3.46. The Labute approximate surface area is 103 Å². The van der Waals surface area contributed by atoms with Crippen molar-refractivity contribution in [3.63, 3.8) is 0 Å². The number of aliphatic carboxylic acids is 1. The van der Waals surface area contributed by atoms with Crippen LogP contribution < -0.4 is 5.32 Å². The van der Waals surface area contributed by atoms with E-state index in [9.17, 15) is 4.79 Å². The van der Waals surface area contributed by atoms with Gasteiger partial charge in [0.15, 0.2) is 0 Å². The molecule has 1 rings (SSSR count). The second-order valence-electron chi connectivity index (χ2n) is 2.34. The molecule has 10 heavy (non-hydrogen) atoms. The average Bonchev–Trinajstić information content (AvgIpc) is 1.90. The molecule has 2 N–H and O–H groups in total. The zero-order valence-corrected chi connectivity index (χ0v) is 9.38. The van der Waals surface area contributed by atoms with Gasteiger partial charge >= 0.3 is 5.97 Å². The van der Waals surface area contributed by atoms with Crippen molar-refractivity contribution in [2.45, 2.75) is 25.3 Å². The average molecular weight is 168 g/mol. The summed E-state index contributed by atoms with van der Waals surface area (Å²) in [5, 5.41) is 11.4. The molecule has 0 amide bonds. The van der Waals surface area contributed by atoms with Crippen molar-refractivity contribution in [2.24, 2.45) is 0 Å². The largest absolute Gasteiger partial charge is 0.480 e. The monoisotopic (exact) mass is 168 g/mol. The molecule has 0 spiro atoms. The molecule has 0 aromatic heterocycles. The van der Waals surface area contributed by atoms with E-state index in [0.717, 1.165) is 25.8 Å². The topological polar surface area (TPSA) is 49.3 Å². The summed E-state index contributed by atoms with van der Waals surface area (Å²) in [7, 11) is 0. The van der Waals surface area contributed by atoms with E-state index in [-0.39, 0.29) is 57.4 Å².